The molecular weight excluding hydrogens is 327 g/mol. The van der Waals surface area contributed by atoms with Gasteiger partial charge in [0.25, 0.3) is 0 Å². The van der Waals surface area contributed by atoms with Gasteiger partial charge in [-0.3, -0.25) is 0 Å². The molecule has 0 aliphatic carbocycles. The van der Waals surface area contributed by atoms with Gasteiger partial charge in [0.15, 0.2) is 0 Å². The molecule has 0 saturated heterocycles. The first-order chi connectivity index (χ1) is 9.22. The summed E-state index contributed by atoms with van der Waals surface area (Å²) in [5.74, 6) is 0.594. The summed E-state index contributed by atoms with van der Waals surface area (Å²) in [7, 11) is 1.65. The van der Waals surface area contributed by atoms with Crippen LogP contribution in [0.2, 0.25) is 0 Å². The maximum atomic E-state index is 11.4. The first-order valence-electron chi connectivity index (χ1n) is 5.80. The number of benzene rings is 1. The van der Waals surface area contributed by atoms with Crippen LogP contribution in [-0.2, 0) is 9.53 Å². The molecule has 0 saturated carbocycles. The molecule has 1 aliphatic heterocycles. The Morgan fingerprint density at radius 3 is 2.74 bits per heavy atom. The molecule has 1 aliphatic rings. The first-order valence-corrected chi connectivity index (χ1v) is 8.46. The van der Waals surface area contributed by atoms with Crippen LogP contribution in [0.25, 0.3) is 4.91 Å². The van der Waals surface area contributed by atoms with Crippen LogP contribution in [0, 0.1) is 0 Å². The number of esters is 1. The van der Waals surface area contributed by atoms with E-state index in [2.05, 4.69) is 4.97 Å². The minimum atomic E-state index is -0.253. The van der Waals surface area contributed by atoms with E-state index in [9.17, 15) is 4.79 Å². The van der Waals surface area contributed by atoms with Gasteiger partial charge in [-0.1, -0.05) is 0 Å². The summed E-state index contributed by atoms with van der Waals surface area (Å²) in [4.78, 5) is 14.8. The SMILES string of the molecule is CCOC(=O)/C=C1/SC(c2ccc(OC)cc2)=C[Se]1. The summed E-state index contributed by atoms with van der Waals surface area (Å²) in [6.45, 7) is 2.23. The third-order valence-electron chi connectivity index (χ3n) is 2.39. The summed E-state index contributed by atoms with van der Waals surface area (Å²) in [5.41, 5.74) is 1.15. The van der Waals surface area contributed by atoms with Crippen molar-refractivity contribution in [3.8, 4) is 5.75 Å². The van der Waals surface area contributed by atoms with Crippen LogP contribution >= 0.6 is 11.8 Å². The number of hydrogen-bond acceptors (Lipinski definition) is 4. The zero-order valence-electron chi connectivity index (χ0n) is 10.7. The molecule has 0 spiro atoms. The Hall–Kier alpha value is -1.16. The third kappa shape index (κ3) is 3.90. The van der Waals surface area contributed by atoms with Gasteiger partial charge >= 0.3 is 123 Å². The predicted octanol–water partition coefficient (Wildman–Crippen LogP) is 2.85. The summed E-state index contributed by atoms with van der Waals surface area (Å²) in [6.07, 6.45) is 1.60. The van der Waals surface area contributed by atoms with E-state index in [-0.39, 0.29) is 20.9 Å². The van der Waals surface area contributed by atoms with Crippen molar-refractivity contribution in [3.63, 3.8) is 0 Å². The molecule has 1 heterocycles. The first kappa shape index (κ1) is 14.3. The van der Waals surface area contributed by atoms with Gasteiger partial charge in [-0.05, 0) is 0 Å². The quantitative estimate of drug-likeness (QED) is 0.479. The average Bonchev–Trinajstić information content (AvgIpc) is 2.87. The molecule has 0 bridgehead atoms. The second-order valence-corrected chi connectivity index (χ2v) is 7.22. The fourth-order valence-electron chi connectivity index (χ4n) is 1.49. The normalized spacial score (nSPS) is 16.3. The second-order valence-electron chi connectivity index (χ2n) is 3.65. The number of rotatable bonds is 4. The van der Waals surface area contributed by atoms with Crippen LogP contribution in [0.5, 0.6) is 5.75 Å². The van der Waals surface area contributed by atoms with E-state index in [1.165, 1.54) is 4.91 Å². The molecule has 3 nitrogen and oxygen atoms in total. The number of carbonyl (C=O) groups is 1. The Balaban J connectivity index is 2.02. The van der Waals surface area contributed by atoms with Crippen LogP contribution in [0.3, 0.4) is 0 Å². The number of ether oxygens (including phenoxy) is 2. The molecule has 100 valence electrons. The van der Waals surface area contributed by atoms with Gasteiger partial charge in [0.05, 0.1) is 0 Å². The number of hydrogen-bond donors (Lipinski definition) is 0. The van der Waals surface area contributed by atoms with Gasteiger partial charge in [-0.25, -0.2) is 0 Å². The number of methoxy groups -OCH3 is 1. The van der Waals surface area contributed by atoms with Crippen molar-refractivity contribution in [1.29, 1.82) is 0 Å². The van der Waals surface area contributed by atoms with E-state index >= 15 is 0 Å². The molecule has 0 fully saturated rings. The summed E-state index contributed by atoms with van der Waals surface area (Å²) in [5, 5.41) is 0. The minimum absolute atomic E-state index is 0.215. The molecular formula is C14H14O3SSe. The van der Waals surface area contributed by atoms with Crippen LogP contribution < -0.4 is 4.74 Å². The molecule has 0 radical (unpaired) electrons. The van der Waals surface area contributed by atoms with Crippen LogP contribution in [-0.4, -0.2) is 34.6 Å². The fraction of sp³-hybridized carbons (Fsp3) is 0.214. The van der Waals surface area contributed by atoms with Gasteiger partial charge in [-0.15, -0.1) is 0 Å². The topological polar surface area (TPSA) is 35.5 Å². The Morgan fingerprint density at radius 1 is 1.37 bits per heavy atom. The molecule has 0 atom stereocenters. The predicted molar refractivity (Wildman–Crippen MR) is 79.0 cm³/mol. The van der Waals surface area contributed by atoms with E-state index < -0.39 is 0 Å². The maximum absolute atomic E-state index is 11.4. The Bertz CT molecular complexity index is 520. The monoisotopic (exact) mass is 342 g/mol. The summed E-state index contributed by atoms with van der Waals surface area (Å²) >= 11 is 1.85. The second kappa shape index (κ2) is 6.85. The molecule has 2 rings (SSSR count). The van der Waals surface area contributed by atoms with Crippen molar-refractivity contribution < 1.29 is 14.3 Å². The number of carbonyl (C=O) groups excluding carboxylic acids is 1. The molecule has 0 unspecified atom stereocenters. The average molecular weight is 341 g/mol. The molecule has 0 amide bonds. The molecule has 5 heteroatoms. The summed E-state index contributed by atoms with van der Waals surface area (Å²) in [6, 6.07) is 7.94. The van der Waals surface area contributed by atoms with Crippen LogP contribution in [0.1, 0.15) is 12.5 Å². The Kier molecular flexibility index (Phi) is 5.14. The Morgan fingerprint density at radius 2 is 2.11 bits per heavy atom. The van der Waals surface area contributed by atoms with Crippen molar-refractivity contribution in [3.05, 3.63) is 44.7 Å². The number of thioether (sulfide) groups is 1. The fourth-order valence-corrected chi connectivity index (χ4v) is 4.99. The van der Waals surface area contributed by atoms with Crippen molar-refractivity contribution in [2.75, 3.05) is 13.7 Å². The van der Waals surface area contributed by atoms with Crippen molar-refractivity contribution in [1.82, 2.24) is 0 Å². The van der Waals surface area contributed by atoms with Gasteiger partial charge in [0.1, 0.15) is 0 Å². The van der Waals surface area contributed by atoms with E-state index in [1.807, 2.05) is 31.2 Å². The van der Waals surface area contributed by atoms with Gasteiger partial charge in [0.2, 0.25) is 0 Å². The van der Waals surface area contributed by atoms with Crippen molar-refractivity contribution >= 4 is 37.6 Å². The van der Waals surface area contributed by atoms with E-state index in [0.717, 1.165) is 15.1 Å². The van der Waals surface area contributed by atoms with E-state index in [0.29, 0.717) is 6.61 Å². The molecule has 1 aromatic carbocycles. The molecule has 0 aromatic heterocycles. The van der Waals surface area contributed by atoms with Crippen LogP contribution in [0.15, 0.2) is 39.1 Å². The summed E-state index contributed by atoms with van der Waals surface area (Å²) < 4.78 is 11.1. The zero-order chi connectivity index (χ0) is 13.7. The Labute approximate surface area is 123 Å². The standard InChI is InChI=1S/C14H14O3SSe/c1-3-17-13(15)8-14-18-12(9-19-14)10-4-6-11(16-2)7-5-10/h4-9H,3H2,1-2H3/b14-8-. The van der Waals surface area contributed by atoms with E-state index in [4.69, 9.17) is 9.47 Å². The van der Waals surface area contributed by atoms with Gasteiger partial charge in [-0.2, -0.15) is 0 Å². The molecule has 1 aromatic rings. The zero-order valence-corrected chi connectivity index (χ0v) is 13.2. The van der Waals surface area contributed by atoms with Crippen LogP contribution in [0.4, 0.5) is 0 Å². The van der Waals surface area contributed by atoms with E-state index in [1.54, 1.807) is 24.9 Å². The third-order valence-corrected chi connectivity index (χ3v) is 6.12. The van der Waals surface area contributed by atoms with Gasteiger partial charge < -0.3 is 0 Å². The van der Waals surface area contributed by atoms with Crippen molar-refractivity contribution in [2.45, 2.75) is 6.92 Å². The van der Waals surface area contributed by atoms with Gasteiger partial charge in [0, 0.05) is 0 Å². The molecule has 0 N–H and O–H groups in total. The molecule has 19 heavy (non-hydrogen) atoms. The van der Waals surface area contributed by atoms with Crippen molar-refractivity contribution in [2.24, 2.45) is 0 Å².